The molecule has 0 radical (unpaired) electrons. The van der Waals surface area contributed by atoms with Gasteiger partial charge in [0.2, 0.25) is 5.89 Å². The Morgan fingerprint density at radius 3 is 3.06 bits per heavy atom. The second-order valence-electron chi connectivity index (χ2n) is 5.05. The van der Waals surface area contributed by atoms with Gasteiger partial charge in [-0.3, -0.25) is 4.90 Å². The zero-order valence-electron chi connectivity index (χ0n) is 11.1. The highest BCUT2D eigenvalue weighted by molar-refractivity contribution is 5.01. The molecule has 0 spiro atoms. The molecule has 1 unspecified atom stereocenters. The molecule has 1 N–H and O–H groups in total. The Labute approximate surface area is 103 Å². The first-order valence-corrected chi connectivity index (χ1v) is 6.57. The highest BCUT2D eigenvalue weighted by atomic mass is 16.3. The number of piperidine rings is 1. The van der Waals surface area contributed by atoms with Gasteiger partial charge in [-0.2, -0.15) is 0 Å². The lowest BCUT2D eigenvalue weighted by Crippen LogP contribution is -2.38. The molecule has 0 aliphatic carbocycles. The van der Waals surface area contributed by atoms with Crippen LogP contribution in [0, 0.1) is 0 Å². The standard InChI is InChI=1S/C13H23N3O/c1-10(2)16-7-5-4-6-12(16)13-15-11(8-14-3)9-17-13/h9-10,12,14H,4-8H2,1-3H3. The number of nitrogens with one attached hydrogen (secondary N) is 1. The molecule has 1 aromatic rings. The molecule has 1 aromatic heterocycles. The monoisotopic (exact) mass is 237 g/mol. The molecule has 4 heteroatoms. The lowest BCUT2D eigenvalue weighted by Gasteiger charge is -2.36. The summed E-state index contributed by atoms with van der Waals surface area (Å²) in [6.45, 7) is 6.43. The summed E-state index contributed by atoms with van der Waals surface area (Å²) in [7, 11) is 1.93. The molecule has 0 saturated carbocycles. The number of hydrogen-bond acceptors (Lipinski definition) is 4. The van der Waals surface area contributed by atoms with Gasteiger partial charge in [-0.1, -0.05) is 6.42 Å². The van der Waals surface area contributed by atoms with Crippen molar-refractivity contribution in [3.05, 3.63) is 17.8 Å². The minimum Gasteiger partial charge on any atom is -0.447 e. The third-order valence-corrected chi connectivity index (χ3v) is 3.42. The van der Waals surface area contributed by atoms with Gasteiger partial charge >= 0.3 is 0 Å². The van der Waals surface area contributed by atoms with Gasteiger partial charge in [0.15, 0.2) is 0 Å². The van der Waals surface area contributed by atoms with Crippen molar-refractivity contribution in [2.24, 2.45) is 0 Å². The van der Waals surface area contributed by atoms with Gasteiger partial charge in [-0.25, -0.2) is 4.98 Å². The summed E-state index contributed by atoms with van der Waals surface area (Å²) in [5.74, 6) is 0.892. The van der Waals surface area contributed by atoms with Crippen LogP contribution in [0.1, 0.15) is 50.7 Å². The van der Waals surface area contributed by atoms with E-state index in [0.717, 1.165) is 31.1 Å². The average Bonchev–Trinajstić information content (AvgIpc) is 2.78. The highest BCUT2D eigenvalue weighted by Gasteiger charge is 2.29. The van der Waals surface area contributed by atoms with Crippen molar-refractivity contribution in [3.8, 4) is 0 Å². The largest absolute Gasteiger partial charge is 0.447 e. The van der Waals surface area contributed by atoms with Gasteiger partial charge in [0.05, 0.1) is 11.7 Å². The van der Waals surface area contributed by atoms with Gasteiger partial charge in [0, 0.05) is 12.6 Å². The minimum atomic E-state index is 0.370. The van der Waals surface area contributed by atoms with E-state index in [4.69, 9.17) is 4.42 Å². The van der Waals surface area contributed by atoms with Crippen LogP contribution >= 0.6 is 0 Å². The number of oxazole rings is 1. The highest BCUT2D eigenvalue weighted by Crippen LogP contribution is 2.31. The SMILES string of the molecule is CNCc1coc(C2CCCCN2C(C)C)n1. The van der Waals surface area contributed by atoms with Crippen LogP contribution in [0.3, 0.4) is 0 Å². The molecule has 0 bridgehead atoms. The van der Waals surface area contributed by atoms with Crippen LogP contribution in [0.15, 0.2) is 10.7 Å². The van der Waals surface area contributed by atoms with Crippen LogP contribution in [0.25, 0.3) is 0 Å². The molecule has 2 heterocycles. The van der Waals surface area contributed by atoms with Crippen molar-refractivity contribution in [1.82, 2.24) is 15.2 Å². The second-order valence-corrected chi connectivity index (χ2v) is 5.05. The first kappa shape index (κ1) is 12.6. The number of nitrogens with zero attached hydrogens (tertiary/aromatic N) is 2. The van der Waals surface area contributed by atoms with Gasteiger partial charge in [0.1, 0.15) is 6.26 Å². The fourth-order valence-corrected chi connectivity index (χ4v) is 2.58. The summed E-state index contributed by atoms with van der Waals surface area (Å²) < 4.78 is 5.64. The van der Waals surface area contributed by atoms with Crippen LogP contribution in [-0.4, -0.2) is 29.5 Å². The van der Waals surface area contributed by atoms with Gasteiger partial charge < -0.3 is 9.73 Å². The lowest BCUT2D eigenvalue weighted by atomic mass is 10.0. The predicted octanol–water partition coefficient (Wildman–Crippen LogP) is 2.33. The first-order chi connectivity index (χ1) is 8.22. The van der Waals surface area contributed by atoms with Crippen LogP contribution < -0.4 is 5.32 Å². The molecule has 0 aromatic carbocycles. The van der Waals surface area contributed by atoms with E-state index in [1.54, 1.807) is 6.26 Å². The molecule has 17 heavy (non-hydrogen) atoms. The Hall–Kier alpha value is -0.870. The van der Waals surface area contributed by atoms with Crippen molar-refractivity contribution in [2.75, 3.05) is 13.6 Å². The maximum absolute atomic E-state index is 5.64. The smallest absolute Gasteiger partial charge is 0.211 e. The molecular weight excluding hydrogens is 214 g/mol. The number of aromatic nitrogens is 1. The normalized spacial score (nSPS) is 22.2. The third kappa shape index (κ3) is 2.87. The fraction of sp³-hybridized carbons (Fsp3) is 0.769. The van der Waals surface area contributed by atoms with E-state index >= 15 is 0 Å². The summed E-state index contributed by atoms with van der Waals surface area (Å²) >= 11 is 0. The molecule has 1 saturated heterocycles. The summed E-state index contributed by atoms with van der Waals surface area (Å²) in [5.41, 5.74) is 0.997. The van der Waals surface area contributed by atoms with Gasteiger partial charge in [0.25, 0.3) is 0 Å². The summed E-state index contributed by atoms with van der Waals surface area (Å²) in [6, 6.07) is 0.925. The van der Waals surface area contributed by atoms with Crippen molar-refractivity contribution >= 4 is 0 Å². The number of rotatable bonds is 4. The number of hydrogen-bond donors (Lipinski definition) is 1. The molecule has 1 aliphatic heterocycles. The van der Waals surface area contributed by atoms with E-state index in [2.05, 4.69) is 29.0 Å². The maximum Gasteiger partial charge on any atom is 0.211 e. The van der Waals surface area contributed by atoms with Gasteiger partial charge in [-0.15, -0.1) is 0 Å². The minimum absolute atomic E-state index is 0.370. The van der Waals surface area contributed by atoms with Crippen LogP contribution in [-0.2, 0) is 6.54 Å². The molecule has 1 atom stereocenters. The Bertz CT molecular complexity index is 348. The molecule has 2 rings (SSSR count). The molecule has 0 amide bonds. The Balaban J connectivity index is 2.11. The van der Waals surface area contributed by atoms with Crippen LogP contribution in [0.2, 0.25) is 0 Å². The molecule has 96 valence electrons. The maximum atomic E-state index is 5.64. The van der Waals surface area contributed by atoms with Crippen molar-refractivity contribution in [1.29, 1.82) is 0 Å². The second kappa shape index (κ2) is 5.65. The zero-order valence-corrected chi connectivity index (χ0v) is 11.1. The quantitative estimate of drug-likeness (QED) is 0.872. The predicted molar refractivity (Wildman–Crippen MR) is 67.7 cm³/mol. The van der Waals surface area contributed by atoms with Gasteiger partial charge in [-0.05, 0) is 40.3 Å². The van der Waals surface area contributed by atoms with E-state index in [9.17, 15) is 0 Å². The summed E-state index contributed by atoms with van der Waals surface area (Å²) in [6.07, 6.45) is 5.51. The van der Waals surface area contributed by atoms with Crippen molar-refractivity contribution in [3.63, 3.8) is 0 Å². The molecule has 1 fully saturated rings. The molecular formula is C13H23N3O. The Morgan fingerprint density at radius 2 is 2.35 bits per heavy atom. The molecule has 1 aliphatic rings. The average molecular weight is 237 g/mol. The van der Waals surface area contributed by atoms with E-state index < -0.39 is 0 Å². The third-order valence-electron chi connectivity index (χ3n) is 3.42. The van der Waals surface area contributed by atoms with E-state index in [-0.39, 0.29) is 0 Å². The van der Waals surface area contributed by atoms with Crippen molar-refractivity contribution in [2.45, 2.75) is 51.7 Å². The Morgan fingerprint density at radius 1 is 1.53 bits per heavy atom. The van der Waals surface area contributed by atoms with E-state index in [0.29, 0.717) is 12.1 Å². The number of likely N-dealkylation sites (tertiary alicyclic amines) is 1. The lowest BCUT2D eigenvalue weighted by molar-refractivity contribution is 0.0924. The molecule has 4 nitrogen and oxygen atoms in total. The Kier molecular flexibility index (Phi) is 4.18. The van der Waals surface area contributed by atoms with Crippen molar-refractivity contribution < 1.29 is 4.42 Å². The zero-order chi connectivity index (χ0) is 12.3. The fourth-order valence-electron chi connectivity index (χ4n) is 2.58. The van der Waals surface area contributed by atoms with Crippen LogP contribution in [0.4, 0.5) is 0 Å². The van der Waals surface area contributed by atoms with E-state index in [1.165, 1.54) is 12.8 Å². The van der Waals surface area contributed by atoms with E-state index in [1.807, 2.05) is 7.05 Å². The summed E-state index contributed by atoms with van der Waals surface area (Å²) in [5, 5.41) is 3.10. The first-order valence-electron chi connectivity index (χ1n) is 6.57. The summed E-state index contributed by atoms with van der Waals surface area (Å²) in [4.78, 5) is 7.08. The van der Waals surface area contributed by atoms with Crippen LogP contribution in [0.5, 0.6) is 0 Å². The topological polar surface area (TPSA) is 41.3 Å².